The Balaban J connectivity index is 0.976. The van der Waals surface area contributed by atoms with Crippen LogP contribution in [0.25, 0.3) is 159 Å². The summed E-state index contributed by atoms with van der Waals surface area (Å²) in [5.74, 6) is 1.80. The summed E-state index contributed by atoms with van der Waals surface area (Å²) in [6.45, 7) is 0. The second-order valence-electron chi connectivity index (χ2n) is 21.1. The number of nitrogens with zero attached hydrogens (tertiary/aromatic N) is 6. The van der Waals surface area contributed by atoms with Crippen molar-refractivity contribution in [1.29, 1.82) is 0 Å². The molecule has 12 aromatic carbocycles. The molecule has 5 heterocycles. The first-order valence-electron chi connectivity index (χ1n) is 27.8. The summed E-state index contributed by atoms with van der Waals surface area (Å²) in [4.78, 5) is 15.9. The van der Waals surface area contributed by atoms with Crippen molar-refractivity contribution in [2.45, 2.75) is 0 Å². The standard InChI is InChI=1S/C75H46N6S/c1-3-19-49(20-4-1)73-76-74(50-21-5-2-6-22-50)78-75(77-73)51-45-61(47-35-39-52(40-36-47)79-63-29-13-7-23-54(63)55-24-8-14-30-64(55)79)71(81-67-33-17-11-28-60(67)70-68(81)44-43-59-58-27-12-18-34-69(58)82-72(59)70)62(46-51)48-37-41-53(42-38-48)80-65-31-15-9-25-56(65)57-26-10-16-32-66(57)80/h1-46H. The summed E-state index contributed by atoms with van der Waals surface area (Å²) < 4.78 is 9.87. The van der Waals surface area contributed by atoms with Crippen LogP contribution in [-0.4, -0.2) is 28.7 Å². The quantitative estimate of drug-likeness (QED) is 0.152. The number of hydrogen-bond acceptors (Lipinski definition) is 4. The molecule has 0 bridgehead atoms. The molecule has 0 aliphatic carbocycles. The molecule has 0 atom stereocenters. The van der Waals surface area contributed by atoms with Crippen LogP contribution in [0.15, 0.2) is 279 Å². The maximum absolute atomic E-state index is 5.39. The highest BCUT2D eigenvalue weighted by molar-refractivity contribution is 7.26. The topological polar surface area (TPSA) is 53.5 Å². The first-order valence-corrected chi connectivity index (χ1v) is 28.6. The van der Waals surface area contributed by atoms with Gasteiger partial charge in [0.1, 0.15) is 0 Å². The van der Waals surface area contributed by atoms with Gasteiger partial charge >= 0.3 is 0 Å². The van der Waals surface area contributed by atoms with Gasteiger partial charge in [0.2, 0.25) is 0 Å². The Morgan fingerprint density at radius 1 is 0.256 bits per heavy atom. The first-order chi connectivity index (χ1) is 40.7. The Morgan fingerprint density at radius 3 is 1.10 bits per heavy atom. The Labute approximate surface area is 475 Å². The van der Waals surface area contributed by atoms with Gasteiger partial charge in [-0.25, -0.2) is 15.0 Å². The van der Waals surface area contributed by atoms with Gasteiger partial charge in [-0.15, -0.1) is 11.3 Å². The van der Waals surface area contributed by atoms with Crippen molar-refractivity contribution >= 4 is 96.9 Å². The lowest BCUT2D eigenvalue weighted by atomic mass is 9.92. The van der Waals surface area contributed by atoms with Crippen molar-refractivity contribution < 1.29 is 0 Å². The molecule has 0 spiro atoms. The minimum absolute atomic E-state index is 0.583. The Morgan fingerprint density at radius 2 is 0.634 bits per heavy atom. The number of benzene rings is 12. The van der Waals surface area contributed by atoms with Crippen LogP contribution in [0.3, 0.4) is 0 Å². The average molecular weight is 1060 g/mol. The molecule has 0 aliphatic heterocycles. The van der Waals surface area contributed by atoms with E-state index in [1.807, 2.05) is 47.7 Å². The zero-order valence-electron chi connectivity index (χ0n) is 44.1. The van der Waals surface area contributed by atoms with Crippen molar-refractivity contribution in [3.63, 3.8) is 0 Å². The smallest absolute Gasteiger partial charge is 0.164 e. The molecule has 0 unspecified atom stereocenters. The fourth-order valence-electron chi connectivity index (χ4n) is 12.8. The van der Waals surface area contributed by atoms with E-state index >= 15 is 0 Å². The monoisotopic (exact) mass is 1060 g/mol. The highest BCUT2D eigenvalue weighted by atomic mass is 32.1. The van der Waals surface area contributed by atoms with Crippen LogP contribution in [-0.2, 0) is 0 Å². The van der Waals surface area contributed by atoms with Crippen molar-refractivity contribution in [3.8, 4) is 73.5 Å². The summed E-state index contributed by atoms with van der Waals surface area (Å²) in [6, 6.07) is 101. The van der Waals surface area contributed by atoms with E-state index in [4.69, 9.17) is 15.0 Å². The molecule has 17 aromatic rings. The lowest BCUT2D eigenvalue weighted by Crippen LogP contribution is -2.04. The molecule has 6 nitrogen and oxygen atoms in total. The Hall–Kier alpha value is -10.7. The average Bonchev–Trinajstić information content (AvgIpc) is 3.62. The number of hydrogen-bond donors (Lipinski definition) is 0. The van der Waals surface area contributed by atoms with Crippen LogP contribution < -0.4 is 0 Å². The van der Waals surface area contributed by atoms with Gasteiger partial charge in [0.15, 0.2) is 17.5 Å². The van der Waals surface area contributed by atoms with Crippen LogP contribution in [0.5, 0.6) is 0 Å². The second kappa shape index (κ2) is 18.4. The summed E-state index contributed by atoms with van der Waals surface area (Å²) in [5, 5.41) is 9.92. The molecule has 7 heteroatoms. The van der Waals surface area contributed by atoms with Gasteiger partial charge in [-0.1, -0.05) is 200 Å². The van der Waals surface area contributed by atoms with Crippen LogP contribution in [0.1, 0.15) is 0 Å². The van der Waals surface area contributed by atoms with Gasteiger partial charge in [0.25, 0.3) is 0 Å². The number of para-hydroxylation sites is 5. The SMILES string of the molecule is c1ccc(-c2nc(-c3ccccc3)nc(-c3cc(-c4ccc(-n5c6ccccc6c6ccccc65)cc4)c(-n4c5ccccc5c5c6sc7ccccc7c6ccc54)c(-c4ccc(-n5c6ccccc6c6ccccc65)cc4)c3)n2)cc1. The predicted molar refractivity (Wildman–Crippen MR) is 343 cm³/mol. The number of aromatic nitrogens is 6. The minimum Gasteiger partial charge on any atom is -0.309 e. The Kier molecular flexibility index (Phi) is 10.4. The van der Waals surface area contributed by atoms with E-state index in [-0.39, 0.29) is 0 Å². The van der Waals surface area contributed by atoms with Gasteiger partial charge in [0.05, 0.1) is 38.8 Å². The largest absolute Gasteiger partial charge is 0.309 e. The number of rotatable bonds is 8. The maximum atomic E-state index is 5.39. The van der Waals surface area contributed by atoms with Gasteiger partial charge in [-0.2, -0.15) is 0 Å². The van der Waals surface area contributed by atoms with E-state index in [9.17, 15) is 0 Å². The summed E-state index contributed by atoms with van der Waals surface area (Å²) in [6.07, 6.45) is 0. The van der Waals surface area contributed by atoms with Gasteiger partial charge in [-0.3, -0.25) is 0 Å². The molecule has 382 valence electrons. The fourth-order valence-corrected chi connectivity index (χ4v) is 14.1. The predicted octanol–water partition coefficient (Wildman–Crippen LogP) is 19.9. The van der Waals surface area contributed by atoms with Gasteiger partial charge < -0.3 is 13.7 Å². The number of fused-ring (bicyclic) bond motifs is 13. The normalized spacial score (nSPS) is 11.9. The van der Waals surface area contributed by atoms with Crippen molar-refractivity contribution in [2.75, 3.05) is 0 Å². The summed E-state index contributed by atoms with van der Waals surface area (Å²) in [5.41, 5.74) is 17.1. The molecule has 0 amide bonds. The second-order valence-corrected chi connectivity index (χ2v) is 22.1. The molecule has 0 N–H and O–H groups in total. The third-order valence-corrected chi connectivity index (χ3v) is 17.7. The van der Waals surface area contributed by atoms with Gasteiger partial charge in [-0.05, 0) is 90.0 Å². The molecular formula is C75H46N6S. The van der Waals surface area contributed by atoms with E-state index in [2.05, 4.69) is 256 Å². The molecule has 0 fully saturated rings. The van der Waals surface area contributed by atoms with Crippen molar-refractivity contribution in [2.24, 2.45) is 0 Å². The van der Waals surface area contributed by atoms with Gasteiger partial charge in [0, 0.05) is 91.7 Å². The molecule has 82 heavy (non-hydrogen) atoms. The molecule has 5 aromatic heterocycles. The van der Waals surface area contributed by atoms with Crippen LogP contribution in [0.2, 0.25) is 0 Å². The molecular weight excluding hydrogens is 1020 g/mol. The zero-order chi connectivity index (χ0) is 53.8. The van der Waals surface area contributed by atoms with E-state index in [0.717, 1.165) is 67.0 Å². The van der Waals surface area contributed by atoms with Crippen LogP contribution in [0, 0.1) is 0 Å². The summed E-state index contributed by atoms with van der Waals surface area (Å²) in [7, 11) is 0. The van der Waals surface area contributed by atoms with Crippen molar-refractivity contribution in [3.05, 3.63) is 279 Å². The Bertz CT molecular complexity index is 5040. The van der Waals surface area contributed by atoms with E-state index in [1.165, 1.54) is 74.6 Å². The molecule has 0 aliphatic rings. The lowest BCUT2D eigenvalue weighted by molar-refractivity contribution is 1.07. The molecule has 0 radical (unpaired) electrons. The third kappa shape index (κ3) is 7.17. The molecule has 0 saturated carbocycles. The third-order valence-electron chi connectivity index (χ3n) is 16.5. The maximum Gasteiger partial charge on any atom is 0.164 e. The number of thiophene rings is 1. The molecule has 0 saturated heterocycles. The van der Waals surface area contributed by atoms with Crippen LogP contribution >= 0.6 is 11.3 Å². The molecule has 17 rings (SSSR count). The minimum atomic E-state index is 0.583. The summed E-state index contributed by atoms with van der Waals surface area (Å²) >= 11 is 1.88. The lowest BCUT2D eigenvalue weighted by Gasteiger charge is -2.21. The van der Waals surface area contributed by atoms with E-state index < -0.39 is 0 Å². The highest BCUT2D eigenvalue weighted by Crippen LogP contribution is 2.48. The van der Waals surface area contributed by atoms with Crippen molar-refractivity contribution in [1.82, 2.24) is 28.7 Å². The fraction of sp³-hybridized carbons (Fsp3) is 0. The highest BCUT2D eigenvalue weighted by Gasteiger charge is 2.26. The van der Waals surface area contributed by atoms with Crippen LogP contribution in [0.4, 0.5) is 0 Å². The zero-order valence-corrected chi connectivity index (χ0v) is 45.0. The first kappa shape index (κ1) is 46.2. The van der Waals surface area contributed by atoms with E-state index in [1.54, 1.807) is 0 Å². The van der Waals surface area contributed by atoms with E-state index in [0.29, 0.717) is 17.5 Å².